The van der Waals surface area contributed by atoms with E-state index in [1.807, 2.05) is 18.7 Å². The highest BCUT2D eigenvalue weighted by Crippen LogP contribution is 2.41. The van der Waals surface area contributed by atoms with Crippen molar-refractivity contribution in [2.45, 2.75) is 71.2 Å². The molecule has 1 amide bonds. The molecule has 2 atom stereocenters. The number of benzene rings is 1. The van der Waals surface area contributed by atoms with Gasteiger partial charge in [-0.05, 0) is 31.7 Å². The molecule has 2 fully saturated rings. The van der Waals surface area contributed by atoms with Crippen molar-refractivity contribution >= 4 is 22.6 Å². The van der Waals surface area contributed by atoms with Crippen LogP contribution < -0.4 is 10.6 Å². The van der Waals surface area contributed by atoms with Crippen LogP contribution in [0.15, 0.2) is 4.52 Å². The number of carbonyl (C=O) groups is 1. The predicted octanol–water partition coefficient (Wildman–Crippen LogP) is 3.29. The Labute approximate surface area is 175 Å². The number of anilines is 1. The Bertz CT molecular complexity index is 928. The summed E-state index contributed by atoms with van der Waals surface area (Å²) < 4.78 is 26.8. The molecule has 164 valence electrons. The van der Waals surface area contributed by atoms with Crippen LogP contribution in [0.5, 0.6) is 0 Å². The van der Waals surface area contributed by atoms with Gasteiger partial charge in [-0.1, -0.05) is 37.3 Å². The number of morpholine rings is 1. The summed E-state index contributed by atoms with van der Waals surface area (Å²) in [5.41, 5.74) is 6.94. The molecule has 0 bridgehead atoms. The zero-order chi connectivity index (χ0) is 21.4. The van der Waals surface area contributed by atoms with Gasteiger partial charge in [0.25, 0.3) is 5.91 Å². The van der Waals surface area contributed by atoms with Gasteiger partial charge < -0.3 is 25.0 Å². The van der Waals surface area contributed by atoms with Crippen LogP contribution in [0.4, 0.5) is 10.1 Å². The van der Waals surface area contributed by atoms with Gasteiger partial charge in [0.15, 0.2) is 11.5 Å². The second kappa shape index (κ2) is 8.51. The van der Waals surface area contributed by atoms with Gasteiger partial charge in [0.05, 0.1) is 29.9 Å². The molecule has 1 saturated carbocycles. The Morgan fingerprint density at radius 2 is 1.87 bits per heavy atom. The minimum Gasteiger partial charge on any atom is -0.392 e. The number of primary amides is 1. The monoisotopic (exact) mass is 419 g/mol. The smallest absolute Gasteiger partial charge is 0.271 e. The minimum atomic E-state index is -0.761. The molecular weight excluding hydrogens is 389 g/mol. The first kappa shape index (κ1) is 21.1. The number of halogens is 1. The van der Waals surface area contributed by atoms with Gasteiger partial charge >= 0.3 is 0 Å². The van der Waals surface area contributed by atoms with Crippen LogP contribution in [0, 0.1) is 11.7 Å². The number of hydrogen-bond donors (Lipinski definition) is 2. The van der Waals surface area contributed by atoms with E-state index in [1.54, 1.807) is 0 Å². The molecule has 0 spiro atoms. The molecule has 30 heavy (non-hydrogen) atoms. The third-order valence-corrected chi connectivity index (χ3v) is 6.40. The van der Waals surface area contributed by atoms with E-state index in [4.69, 9.17) is 15.0 Å². The second-order valence-corrected chi connectivity index (χ2v) is 8.75. The van der Waals surface area contributed by atoms with E-state index < -0.39 is 11.7 Å². The van der Waals surface area contributed by atoms with Crippen molar-refractivity contribution in [2.24, 2.45) is 11.7 Å². The standard InChI is InChI=1S/C22H30FN3O4/c1-12-9-26(10-13(2)29-12)20-16(11-27)15(8-14-6-4-3-5-7-14)17-19(22(24)28)25-30-21(17)18(20)23/h12-14,27H,3-11H2,1-2H3,(H2,24,28)/t12-,13+. The average molecular weight is 419 g/mol. The summed E-state index contributed by atoms with van der Waals surface area (Å²) >= 11 is 0. The van der Waals surface area contributed by atoms with E-state index in [0.29, 0.717) is 42.1 Å². The number of aliphatic hydroxyl groups excluding tert-OH is 1. The number of nitrogens with two attached hydrogens (primary N) is 1. The number of amides is 1. The van der Waals surface area contributed by atoms with Crippen molar-refractivity contribution in [1.29, 1.82) is 0 Å². The van der Waals surface area contributed by atoms with E-state index in [2.05, 4.69) is 5.16 Å². The molecule has 2 aromatic rings. The van der Waals surface area contributed by atoms with Gasteiger partial charge in [0.1, 0.15) is 0 Å². The number of aliphatic hydroxyl groups is 1. The summed E-state index contributed by atoms with van der Waals surface area (Å²) in [4.78, 5) is 13.9. The van der Waals surface area contributed by atoms with Crippen LogP contribution in [-0.4, -0.2) is 41.5 Å². The Hall–Kier alpha value is -2.19. The van der Waals surface area contributed by atoms with Crippen LogP contribution >= 0.6 is 0 Å². The lowest BCUT2D eigenvalue weighted by atomic mass is 9.82. The molecule has 0 unspecified atom stereocenters. The fourth-order valence-corrected chi connectivity index (χ4v) is 5.19. The minimum absolute atomic E-state index is 0.0615. The average Bonchev–Trinajstić information content (AvgIpc) is 3.15. The van der Waals surface area contributed by atoms with Gasteiger partial charge in [-0.2, -0.15) is 0 Å². The topological polar surface area (TPSA) is 102 Å². The van der Waals surface area contributed by atoms with E-state index in [1.165, 1.54) is 6.42 Å². The number of aromatic nitrogens is 1. The zero-order valence-electron chi connectivity index (χ0n) is 17.6. The normalized spacial score (nSPS) is 23.3. The molecule has 7 nitrogen and oxygen atoms in total. The van der Waals surface area contributed by atoms with Crippen LogP contribution in [0.1, 0.15) is 67.6 Å². The van der Waals surface area contributed by atoms with Crippen LogP contribution in [-0.2, 0) is 17.8 Å². The summed E-state index contributed by atoms with van der Waals surface area (Å²) in [6.45, 7) is 4.55. The van der Waals surface area contributed by atoms with Crippen molar-refractivity contribution in [3.63, 3.8) is 0 Å². The predicted molar refractivity (Wildman–Crippen MR) is 111 cm³/mol. The lowest BCUT2D eigenvalue weighted by Crippen LogP contribution is -2.46. The lowest BCUT2D eigenvalue weighted by Gasteiger charge is -2.38. The van der Waals surface area contributed by atoms with E-state index in [0.717, 1.165) is 31.2 Å². The molecule has 1 aliphatic carbocycles. The van der Waals surface area contributed by atoms with E-state index in [9.17, 15) is 9.90 Å². The van der Waals surface area contributed by atoms with Crippen LogP contribution in [0.25, 0.3) is 11.0 Å². The summed E-state index contributed by atoms with van der Waals surface area (Å²) in [6, 6.07) is 0. The molecule has 8 heteroatoms. The molecule has 1 aromatic carbocycles. The van der Waals surface area contributed by atoms with Gasteiger partial charge in [-0.25, -0.2) is 4.39 Å². The SMILES string of the molecule is C[C@@H]1CN(c2c(CO)c(CC3CCCCC3)c3c(C(N)=O)noc3c2F)C[C@H](C)O1. The molecule has 2 heterocycles. The zero-order valence-corrected chi connectivity index (χ0v) is 17.6. The third-order valence-electron chi connectivity index (χ3n) is 6.40. The lowest BCUT2D eigenvalue weighted by molar-refractivity contribution is -0.00550. The molecular formula is C22H30FN3O4. The molecule has 1 aromatic heterocycles. The van der Waals surface area contributed by atoms with Gasteiger partial charge in [-0.15, -0.1) is 0 Å². The van der Waals surface area contributed by atoms with Crippen molar-refractivity contribution in [3.05, 3.63) is 22.6 Å². The number of fused-ring (bicyclic) bond motifs is 1. The number of ether oxygens (including phenoxy) is 1. The summed E-state index contributed by atoms with van der Waals surface area (Å²) in [5.74, 6) is -0.963. The number of rotatable bonds is 5. The van der Waals surface area contributed by atoms with Crippen molar-refractivity contribution < 1.29 is 23.6 Å². The highest BCUT2D eigenvalue weighted by atomic mass is 19.1. The first-order chi connectivity index (χ1) is 14.4. The fourth-order valence-electron chi connectivity index (χ4n) is 5.19. The maximum Gasteiger partial charge on any atom is 0.271 e. The maximum atomic E-state index is 15.7. The van der Waals surface area contributed by atoms with E-state index >= 15 is 4.39 Å². The largest absolute Gasteiger partial charge is 0.392 e. The van der Waals surface area contributed by atoms with Crippen LogP contribution in [0.3, 0.4) is 0 Å². The molecule has 2 aliphatic rings. The third kappa shape index (κ3) is 3.78. The maximum absolute atomic E-state index is 15.7. The highest BCUT2D eigenvalue weighted by Gasteiger charge is 2.33. The Morgan fingerprint density at radius 1 is 1.20 bits per heavy atom. The molecule has 4 rings (SSSR count). The quantitative estimate of drug-likeness (QED) is 0.771. The molecule has 3 N–H and O–H groups in total. The van der Waals surface area contributed by atoms with Crippen molar-refractivity contribution in [2.75, 3.05) is 18.0 Å². The fraction of sp³-hybridized carbons (Fsp3) is 0.636. The first-order valence-corrected chi connectivity index (χ1v) is 10.8. The van der Waals surface area contributed by atoms with Gasteiger partial charge in [0, 0.05) is 18.7 Å². The Morgan fingerprint density at radius 3 is 2.47 bits per heavy atom. The van der Waals surface area contributed by atoms with Crippen LogP contribution in [0.2, 0.25) is 0 Å². The Balaban J connectivity index is 1.91. The summed E-state index contributed by atoms with van der Waals surface area (Å²) in [6.07, 6.45) is 6.15. The number of carbonyl (C=O) groups excluding carboxylic acids is 1. The van der Waals surface area contributed by atoms with Gasteiger partial charge in [0.2, 0.25) is 5.58 Å². The molecule has 1 aliphatic heterocycles. The highest BCUT2D eigenvalue weighted by molar-refractivity contribution is 6.06. The first-order valence-electron chi connectivity index (χ1n) is 10.8. The van der Waals surface area contributed by atoms with Crippen molar-refractivity contribution in [3.8, 4) is 0 Å². The summed E-state index contributed by atoms with van der Waals surface area (Å²) in [5, 5.41) is 14.4. The van der Waals surface area contributed by atoms with Gasteiger partial charge in [-0.3, -0.25) is 4.79 Å². The molecule has 1 saturated heterocycles. The number of nitrogens with zero attached hydrogens (tertiary/aromatic N) is 2. The van der Waals surface area contributed by atoms with E-state index in [-0.39, 0.29) is 30.1 Å². The number of hydrogen-bond acceptors (Lipinski definition) is 6. The summed E-state index contributed by atoms with van der Waals surface area (Å²) in [7, 11) is 0. The second-order valence-electron chi connectivity index (χ2n) is 8.75. The Kier molecular flexibility index (Phi) is 5.97. The molecule has 0 radical (unpaired) electrons. The van der Waals surface area contributed by atoms with Crippen molar-refractivity contribution in [1.82, 2.24) is 5.16 Å².